The van der Waals surface area contributed by atoms with Crippen molar-refractivity contribution in [2.24, 2.45) is 0 Å². The van der Waals surface area contributed by atoms with E-state index in [2.05, 4.69) is 16.4 Å². The number of nitrogens with one attached hydrogen (secondary N) is 1. The highest BCUT2D eigenvalue weighted by Gasteiger charge is 2.19. The van der Waals surface area contributed by atoms with E-state index in [1.165, 1.54) is 37.0 Å². The van der Waals surface area contributed by atoms with Gasteiger partial charge < -0.3 is 14.8 Å². The molecule has 0 aliphatic heterocycles. The molecule has 1 fully saturated rings. The molecule has 30 heavy (non-hydrogen) atoms. The molecule has 1 heterocycles. The smallest absolute Gasteiger partial charge is 0.255 e. The van der Waals surface area contributed by atoms with E-state index in [9.17, 15) is 4.79 Å². The minimum atomic E-state index is -0.168. The van der Waals surface area contributed by atoms with Crippen LogP contribution in [-0.4, -0.2) is 23.3 Å². The van der Waals surface area contributed by atoms with Crippen LogP contribution in [0.4, 0.5) is 5.69 Å². The number of aromatic nitrogens is 1. The number of carbonyl (C=O) groups excluding carboxylic acids is 1. The number of amides is 1. The van der Waals surface area contributed by atoms with Crippen LogP contribution in [-0.2, 0) is 6.61 Å². The lowest BCUT2D eigenvalue weighted by molar-refractivity contribution is 0.102. The zero-order valence-corrected chi connectivity index (χ0v) is 18.4. The molecule has 0 saturated heterocycles. The Balaban J connectivity index is 1.45. The van der Waals surface area contributed by atoms with E-state index < -0.39 is 0 Å². The van der Waals surface area contributed by atoms with Crippen LogP contribution in [0.1, 0.15) is 41.7 Å². The lowest BCUT2D eigenvalue weighted by atomic mass is 10.2. The number of thiazole rings is 1. The third-order valence-corrected chi connectivity index (χ3v) is 7.07. The zero-order chi connectivity index (χ0) is 20.8. The van der Waals surface area contributed by atoms with Crippen LogP contribution < -0.4 is 14.8 Å². The molecule has 1 N–H and O–H groups in total. The quantitative estimate of drug-likeness (QED) is 0.464. The predicted molar refractivity (Wildman–Crippen MR) is 122 cm³/mol. The summed E-state index contributed by atoms with van der Waals surface area (Å²) in [7, 11) is 1.57. The van der Waals surface area contributed by atoms with Gasteiger partial charge in [0.2, 0.25) is 0 Å². The van der Waals surface area contributed by atoms with Crippen molar-refractivity contribution in [1.82, 2.24) is 4.98 Å². The lowest BCUT2D eigenvalue weighted by Gasteiger charge is -2.15. The second-order valence-electron chi connectivity index (χ2n) is 7.11. The summed E-state index contributed by atoms with van der Waals surface area (Å²) in [5, 5.41) is 5.64. The predicted octanol–water partition coefficient (Wildman–Crippen LogP) is 6.02. The summed E-state index contributed by atoms with van der Waals surface area (Å²) in [4.78, 5) is 18.2. The number of benzene rings is 2. The fourth-order valence-electron chi connectivity index (χ4n) is 3.44. The van der Waals surface area contributed by atoms with Gasteiger partial charge in [-0.3, -0.25) is 4.79 Å². The summed E-state index contributed by atoms with van der Waals surface area (Å²) in [6.45, 7) is 0.358. The normalized spacial score (nSPS) is 13.9. The molecule has 7 heteroatoms. The summed E-state index contributed by atoms with van der Waals surface area (Å²) >= 11 is 3.39. The van der Waals surface area contributed by atoms with E-state index in [0.717, 1.165) is 16.3 Å². The van der Waals surface area contributed by atoms with Crippen molar-refractivity contribution in [1.29, 1.82) is 0 Å². The molecular weight excluding hydrogens is 416 g/mol. The summed E-state index contributed by atoms with van der Waals surface area (Å²) in [5.74, 6) is 0.935. The number of anilines is 1. The van der Waals surface area contributed by atoms with Crippen LogP contribution in [0, 0.1) is 0 Å². The highest BCUT2D eigenvalue weighted by atomic mass is 32.2. The first kappa shape index (κ1) is 20.8. The summed E-state index contributed by atoms with van der Waals surface area (Å²) in [6, 6.07) is 13.2. The van der Waals surface area contributed by atoms with Crippen molar-refractivity contribution >= 4 is 34.7 Å². The molecule has 156 valence electrons. The summed E-state index contributed by atoms with van der Waals surface area (Å²) < 4.78 is 11.2. The van der Waals surface area contributed by atoms with Crippen LogP contribution in [0.3, 0.4) is 0 Å². The van der Waals surface area contributed by atoms with Crippen molar-refractivity contribution in [2.45, 2.75) is 42.4 Å². The fraction of sp³-hybridized carbons (Fsp3) is 0.304. The third-order valence-electron chi connectivity index (χ3n) is 5.02. The maximum Gasteiger partial charge on any atom is 0.255 e. The maximum atomic E-state index is 12.9. The maximum absolute atomic E-state index is 12.9. The summed E-state index contributed by atoms with van der Waals surface area (Å²) in [6.07, 6.45) is 5.07. The van der Waals surface area contributed by atoms with Gasteiger partial charge in [-0.1, -0.05) is 25.0 Å². The second-order valence-corrected chi connectivity index (χ2v) is 9.17. The van der Waals surface area contributed by atoms with Crippen LogP contribution in [0.15, 0.2) is 58.3 Å². The van der Waals surface area contributed by atoms with Crippen molar-refractivity contribution in [3.63, 3.8) is 0 Å². The minimum absolute atomic E-state index is 0.168. The Labute approximate surface area is 184 Å². The second kappa shape index (κ2) is 10.00. The number of nitrogens with zero attached hydrogens (tertiary/aromatic N) is 1. The van der Waals surface area contributed by atoms with Gasteiger partial charge in [0, 0.05) is 21.1 Å². The Morgan fingerprint density at radius 1 is 1.20 bits per heavy atom. The molecule has 0 unspecified atom stereocenters. The van der Waals surface area contributed by atoms with E-state index >= 15 is 0 Å². The number of carbonyl (C=O) groups is 1. The van der Waals surface area contributed by atoms with E-state index in [0.29, 0.717) is 28.9 Å². The SMILES string of the molecule is COc1cc(C(=O)Nc2ccccc2SC2CCCC2)ccc1OCc1cscn1. The number of para-hydroxylation sites is 1. The summed E-state index contributed by atoms with van der Waals surface area (Å²) in [5.41, 5.74) is 4.00. The molecule has 1 aliphatic rings. The van der Waals surface area contributed by atoms with E-state index in [-0.39, 0.29) is 5.91 Å². The zero-order valence-electron chi connectivity index (χ0n) is 16.8. The molecule has 1 saturated carbocycles. The van der Waals surface area contributed by atoms with Gasteiger partial charge in [-0.05, 0) is 43.2 Å². The molecule has 5 nitrogen and oxygen atoms in total. The van der Waals surface area contributed by atoms with Crippen LogP contribution >= 0.6 is 23.1 Å². The number of thioether (sulfide) groups is 1. The molecule has 1 aromatic heterocycles. The van der Waals surface area contributed by atoms with Crippen molar-refractivity contribution in [2.75, 3.05) is 12.4 Å². The average molecular weight is 441 g/mol. The molecule has 0 atom stereocenters. The number of methoxy groups -OCH3 is 1. The molecule has 4 rings (SSSR count). The van der Waals surface area contributed by atoms with E-state index in [4.69, 9.17) is 9.47 Å². The molecule has 3 aromatic rings. The lowest BCUT2D eigenvalue weighted by Crippen LogP contribution is -2.13. The first-order valence-corrected chi connectivity index (χ1v) is 11.8. The molecule has 0 spiro atoms. The highest BCUT2D eigenvalue weighted by molar-refractivity contribution is 8.00. The molecule has 0 radical (unpaired) electrons. The van der Waals surface area contributed by atoms with Gasteiger partial charge in [-0.2, -0.15) is 0 Å². The van der Waals surface area contributed by atoms with Gasteiger partial charge >= 0.3 is 0 Å². The van der Waals surface area contributed by atoms with Crippen molar-refractivity contribution in [3.05, 3.63) is 64.6 Å². The van der Waals surface area contributed by atoms with Gasteiger partial charge in [-0.15, -0.1) is 23.1 Å². The Morgan fingerprint density at radius 3 is 2.80 bits per heavy atom. The fourth-order valence-corrected chi connectivity index (χ4v) is 5.32. The molecule has 1 aliphatic carbocycles. The van der Waals surface area contributed by atoms with Gasteiger partial charge in [0.1, 0.15) is 6.61 Å². The van der Waals surface area contributed by atoms with Crippen molar-refractivity contribution < 1.29 is 14.3 Å². The first-order valence-electron chi connectivity index (χ1n) is 9.98. The number of hydrogen-bond donors (Lipinski definition) is 1. The first-order chi connectivity index (χ1) is 14.7. The third kappa shape index (κ3) is 5.15. The van der Waals surface area contributed by atoms with Gasteiger partial charge in [-0.25, -0.2) is 4.98 Å². The topological polar surface area (TPSA) is 60.5 Å². The molecular formula is C23H24N2O3S2. The molecule has 2 aromatic carbocycles. The monoisotopic (exact) mass is 440 g/mol. The van der Waals surface area contributed by atoms with Crippen LogP contribution in [0.25, 0.3) is 0 Å². The van der Waals surface area contributed by atoms with Gasteiger partial charge in [0.05, 0.1) is 24.0 Å². The van der Waals surface area contributed by atoms with E-state index in [1.54, 1.807) is 30.8 Å². The number of hydrogen-bond acceptors (Lipinski definition) is 6. The van der Waals surface area contributed by atoms with Gasteiger partial charge in [0.25, 0.3) is 5.91 Å². The van der Waals surface area contributed by atoms with E-state index in [1.807, 2.05) is 35.3 Å². The van der Waals surface area contributed by atoms with Gasteiger partial charge in [0.15, 0.2) is 11.5 Å². The Kier molecular flexibility index (Phi) is 6.92. The standard InChI is InChI=1S/C23H24N2O3S2/c1-27-21-12-16(10-11-20(21)28-13-17-14-29-15-24-17)23(26)25-19-8-4-5-9-22(19)30-18-6-2-3-7-18/h4-5,8-12,14-15,18H,2-3,6-7,13H2,1H3,(H,25,26). The van der Waals surface area contributed by atoms with Crippen molar-refractivity contribution in [3.8, 4) is 11.5 Å². The average Bonchev–Trinajstić information content (AvgIpc) is 3.48. The Bertz CT molecular complexity index is 986. The minimum Gasteiger partial charge on any atom is -0.493 e. The number of rotatable bonds is 8. The van der Waals surface area contributed by atoms with Crippen LogP contribution in [0.5, 0.6) is 11.5 Å². The Hall–Kier alpha value is -2.51. The Morgan fingerprint density at radius 2 is 2.03 bits per heavy atom. The largest absolute Gasteiger partial charge is 0.493 e. The highest BCUT2D eigenvalue weighted by Crippen LogP contribution is 2.38. The molecule has 1 amide bonds. The molecule has 0 bridgehead atoms. The van der Waals surface area contributed by atoms with Crippen LogP contribution in [0.2, 0.25) is 0 Å². The number of ether oxygens (including phenoxy) is 2.